The molecular weight excluding hydrogens is 156 g/mol. The zero-order chi connectivity index (χ0) is 8.82. The minimum absolute atomic E-state index is 0.000995. The Morgan fingerprint density at radius 2 is 2.17 bits per heavy atom. The lowest BCUT2D eigenvalue weighted by Crippen LogP contribution is -2.82. The van der Waals surface area contributed by atoms with E-state index in [9.17, 15) is 4.79 Å². The van der Waals surface area contributed by atoms with Crippen molar-refractivity contribution in [2.24, 2.45) is 5.73 Å². The molecule has 1 amide bonds. The Kier molecular flexibility index (Phi) is 1.39. The van der Waals surface area contributed by atoms with Crippen LogP contribution < -0.4 is 11.1 Å². The Morgan fingerprint density at radius 1 is 1.58 bits per heavy atom. The summed E-state index contributed by atoms with van der Waals surface area (Å²) < 4.78 is 4.78. The smallest absolute Gasteiger partial charge is 0.407 e. The van der Waals surface area contributed by atoms with Crippen molar-refractivity contribution in [1.29, 1.82) is 0 Å². The SMILES string of the molecule is CCOC(=O)NC12CC(N)(C1)C2. The minimum Gasteiger partial charge on any atom is -0.450 e. The van der Waals surface area contributed by atoms with Crippen LogP contribution in [-0.2, 0) is 4.74 Å². The predicted molar refractivity (Wildman–Crippen MR) is 43.7 cm³/mol. The number of nitrogens with two attached hydrogens (primary N) is 1. The van der Waals surface area contributed by atoms with E-state index in [1.54, 1.807) is 6.92 Å². The van der Waals surface area contributed by atoms with Gasteiger partial charge in [0.2, 0.25) is 0 Å². The number of hydrogen-bond donors (Lipinski definition) is 2. The maximum atomic E-state index is 11.0. The molecule has 4 nitrogen and oxygen atoms in total. The number of rotatable bonds is 2. The first-order chi connectivity index (χ1) is 5.58. The number of nitrogens with one attached hydrogen (secondary N) is 1. The average molecular weight is 170 g/mol. The van der Waals surface area contributed by atoms with E-state index in [1.807, 2.05) is 0 Å². The first-order valence-electron chi connectivity index (χ1n) is 4.31. The van der Waals surface area contributed by atoms with Crippen LogP contribution in [-0.4, -0.2) is 23.8 Å². The van der Waals surface area contributed by atoms with Gasteiger partial charge < -0.3 is 15.8 Å². The van der Waals surface area contributed by atoms with E-state index in [2.05, 4.69) is 5.32 Å². The highest BCUT2D eigenvalue weighted by Crippen LogP contribution is 2.58. The van der Waals surface area contributed by atoms with Crippen molar-refractivity contribution in [1.82, 2.24) is 5.32 Å². The van der Waals surface area contributed by atoms with Gasteiger partial charge in [0.15, 0.2) is 0 Å². The highest BCUT2D eigenvalue weighted by atomic mass is 16.5. The van der Waals surface area contributed by atoms with E-state index in [0.29, 0.717) is 6.61 Å². The molecule has 12 heavy (non-hydrogen) atoms. The number of alkyl carbamates (subject to hydrolysis) is 1. The molecular formula is C8H14N2O2. The third-order valence-electron chi connectivity index (χ3n) is 2.71. The quantitative estimate of drug-likeness (QED) is 0.629. The molecule has 2 bridgehead atoms. The fourth-order valence-electron chi connectivity index (χ4n) is 2.38. The summed E-state index contributed by atoms with van der Waals surface area (Å²) in [5.74, 6) is 0. The molecule has 3 N–H and O–H groups in total. The highest BCUT2D eigenvalue weighted by Gasteiger charge is 2.66. The maximum Gasteiger partial charge on any atom is 0.407 e. The zero-order valence-corrected chi connectivity index (χ0v) is 7.22. The van der Waals surface area contributed by atoms with Gasteiger partial charge in [0.1, 0.15) is 0 Å². The van der Waals surface area contributed by atoms with Crippen LogP contribution in [0.1, 0.15) is 26.2 Å². The predicted octanol–water partition coefficient (Wildman–Crippen LogP) is 0.366. The molecule has 0 saturated heterocycles. The van der Waals surface area contributed by atoms with Gasteiger partial charge in [-0.15, -0.1) is 0 Å². The molecule has 4 heteroatoms. The Balaban J connectivity index is 1.79. The van der Waals surface area contributed by atoms with Gasteiger partial charge in [-0.25, -0.2) is 4.79 Å². The molecule has 0 atom stereocenters. The molecule has 0 heterocycles. The average Bonchev–Trinajstić information content (AvgIpc) is 1.82. The van der Waals surface area contributed by atoms with Crippen molar-refractivity contribution in [2.45, 2.75) is 37.3 Å². The normalized spacial score (nSPS) is 42.5. The second-order valence-corrected chi connectivity index (χ2v) is 4.02. The fraction of sp³-hybridized carbons (Fsp3) is 0.875. The molecule has 0 aliphatic heterocycles. The Morgan fingerprint density at radius 3 is 2.58 bits per heavy atom. The lowest BCUT2D eigenvalue weighted by atomic mass is 9.45. The zero-order valence-electron chi connectivity index (χ0n) is 7.22. The molecule has 68 valence electrons. The Bertz CT molecular complexity index is 207. The van der Waals surface area contributed by atoms with Crippen molar-refractivity contribution in [3.8, 4) is 0 Å². The summed E-state index contributed by atoms with van der Waals surface area (Å²) in [7, 11) is 0. The van der Waals surface area contributed by atoms with Gasteiger partial charge in [0, 0.05) is 11.1 Å². The van der Waals surface area contributed by atoms with E-state index in [-0.39, 0.29) is 17.2 Å². The molecule has 0 aromatic rings. The molecule has 3 aliphatic rings. The monoisotopic (exact) mass is 170 g/mol. The van der Waals surface area contributed by atoms with Gasteiger partial charge in [-0.1, -0.05) is 0 Å². The molecule has 0 radical (unpaired) electrons. The fourth-order valence-corrected chi connectivity index (χ4v) is 2.38. The van der Waals surface area contributed by atoms with Crippen LogP contribution in [0.4, 0.5) is 4.79 Å². The van der Waals surface area contributed by atoms with Gasteiger partial charge >= 0.3 is 6.09 Å². The van der Waals surface area contributed by atoms with Gasteiger partial charge in [0.25, 0.3) is 0 Å². The lowest BCUT2D eigenvalue weighted by molar-refractivity contribution is -0.0743. The number of hydrogen-bond acceptors (Lipinski definition) is 3. The maximum absolute atomic E-state index is 11.0. The summed E-state index contributed by atoms with van der Waals surface area (Å²) in [6, 6.07) is 0. The first-order valence-corrected chi connectivity index (χ1v) is 4.31. The van der Waals surface area contributed by atoms with Gasteiger partial charge in [-0.2, -0.15) is 0 Å². The van der Waals surface area contributed by atoms with Gasteiger partial charge in [-0.05, 0) is 26.2 Å². The van der Waals surface area contributed by atoms with E-state index in [4.69, 9.17) is 10.5 Å². The van der Waals surface area contributed by atoms with E-state index in [1.165, 1.54) is 0 Å². The number of amides is 1. The van der Waals surface area contributed by atoms with E-state index >= 15 is 0 Å². The molecule has 3 aliphatic carbocycles. The van der Waals surface area contributed by atoms with Crippen LogP contribution in [0.15, 0.2) is 0 Å². The summed E-state index contributed by atoms with van der Waals surface area (Å²) in [6.07, 6.45) is 2.44. The van der Waals surface area contributed by atoms with E-state index < -0.39 is 0 Å². The number of carbonyl (C=O) groups is 1. The second-order valence-electron chi connectivity index (χ2n) is 4.02. The molecule has 3 rings (SSSR count). The lowest BCUT2D eigenvalue weighted by Gasteiger charge is -2.68. The Hall–Kier alpha value is -0.770. The second kappa shape index (κ2) is 2.13. The van der Waals surface area contributed by atoms with Crippen LogP contribution in [0.25, 0.3) is 0 Å². The third-order valence-corrected chi connectivity index (χ3v) is 2.71. The first kappa shape index (κ1) is 7.86. The molecule has 3 saturated carbocycles. The Labute approximate surface area is 71.4 Å². The number of ether oxygens (including phenoxy) is 1. The van der Waals surface area contributed by atoms with E-state index in [0.717, 1.165) is 19.3 Å². The summed E-state index contributed by atoms with van der Waals surface area (Å²) in [5.41, 5.74) is 5.87. The van der Waals surface area contributed by atoms with Crippen LogP contribution >= 0.6 is 0 Å². The molecule has 0 aromatic heterocycles. The third kappa shape index (κ3) is 0.982. The molecule has 0 spiro atoms. The van der Waals surface area contributed by atoms with Gasteiger partial charge in [0.05, 0.1) is 6.61 Å². The van der Waals surface area contributed by atoms with Crippen molar-refractivity contribution in [3.05, 3.63) is 0 Å². The summed E-state index contributed by atoms with van der Waals surface area (Å²) >= 11 is 0. The largest absolute Gasteiger partial charge is 0.450 e. The summed E-state index contributed by atoms with van der Waals surface area (Å²) in [4.78, 5) is 11.0. The van der Waals surface area contributed by atoms with Crippen molar-refractivity contribution < 1.29 is 9.53 Å². The van der Waals surface area contributed by atoms with Crippen LogP contribution in [0.3, 0.4) is 0 Å². The minimum atomic E-state index is -0.306. The van der Waals surface area contributed by atoms with Gasteiger partial charge in [-0.3, -0.25) is 0 Å². The van der Waals surface area contributed by atoms with Crippen LogP contribution in [0, 0.1) is 0 Å². The van der Waals surface area contributed by atoms with Crippen LogP contribution in [0.5, 0.6) is 0 Å². The van der Waals surface area contributed by atoms with Crippen molar-refractivity contribution in [3.63, 3.8) is 0 Å². The molecule has 0 unspecified atom stereocenters. The standard InChI is InChI=1S/C8H14N2O2/c1-2-12-6(11)10-8-3-7(9,4-8)5-8/h2-5,9H2,1H3,(H,10,11). The topological polar surface area (TPSA) is 64.3 Å². The van der Waals surface area contributed by atoms with Crippen LogP contribution in [0.2, 0.25) is 0 Å². The van der Waals surface area contributed by atoms with Crippen molar-refractivity contribution >= 4 is 6.09 Å². The summed E-state index contributed by atoms with van der Waals surface area (Å²) in [6.45, 7) is 2.22. The number of carbonyl (C=O) groups excluding carboxylic acids is 1. The molecule has 0 aromatic carbocycles. The molecule has 3 fully saturated rings. The highest BCUT2D eigenvalue weighted by molar-refractivity contribution is 5.69. The van der Waals surface area contributed by atoms with Crippen molar-refractivity contribution in [2.75, 3.05) is 6.61 Å². The summed E-state index contributed by atoms with van der Waals surface area (Å²) in [5, 5.41) is 2.84.